The van der Waals surface area contributed by atoms with Crippen LogP contribution in [-0.4, -0.2) is 13.1 Å². The van der Waals surface area contributed by atoms with Gasteiger partial charge in [0.25, 0.3) is 0 Å². The molecule has 0 radical (unpaired) electrons. The number of nitrogens with one attached hydrogen (secondary N) is 2. The van der Waals surface area contributed by atoms with Crippen molar-refractivity contribution in [1.29, 1.82) is 0 Å². The molecule has 2 nitrogen and oxygen atoms in total. The molecule has 1 aromatic carbocycles. The molecule has 0 amide bonds. The number of rotatable bonds is 0. The number of hydrogen-bond donors (Lipinski definition) is 2. The number of fused-ring (bicyclic) bond motifs is 1. The molecule has 0 saturated heterocycles. The third kappa shape index (κ3) is 1.91. The van der Waals surface area contributed by atoms with Crippen LogP contribution in [-0.2, 0) is 0 Å². The van der Waals surface area contributed by atoms with Gasteiger partial charge in [-0.05, 0) is 12.1 Å². The lowest BCUT2D eigenvalue weighted by molar-refractivity contribution is 1.05. The molecule has 1 aliphatic heterocycles. The number of para-hydroxylation sites is 2. The van der Waals surface area contributed by atoms with Crippen molar-refractivity contribution < 1.29 is 0 Å². The van der Waals surface area contributed by atoms with E-state index in [1.165, 1.54) is 11.4 Å². The Kier molecular flexibility index (Phi) is 3.45. The topological polar surface area (TPSA) is 24.1 Å². The Labute approximate surface area is 74.0 Å². The van der Waals surface area contributed by atoms with E-state index in [9.17, 15) is 0 Å². The molecule has 0 saturated carbocycles. The highest BCUT2D eigenvalue weighted by molar-refractivity contribution is 5.70. The van der Waals surface area contributed by atoms with Gasteiger partial charge in [0.05, 0.1) is 11.4 Å². The summed E-state index contributed by atoms with van der Waals surface area (Å²) in [5.41, 5.74) is 2.43. The summed E-state index contributed by atoms with van der Waals surface area (Å²) in [4.78, 5) is 0. The lowest BCUT2D eigenvalue weighted by atomic mass is 10.2. The molecule has 0 atom stereocenters. The van der Waals surface area contributed by atoms with Crippen molar-refractivity contribution in [3.8, 4) is 0 Å². The molecular formula is C10H16N2. The number of benzene rings is 1. The number of hydrogen-bond acceptors (Lipinski definition) is 2. The van der Waals surface area contributed by atoms with Crippen LogP contribution in [0.1, 0.15) is 13.8 Å². The first-order chi connectivity index (χ1) is 5.97. The van der Waals surface area contributed by atoms with Crippen molar-refractivity contribution in [2.45, 2.75) is 13.8 Å². The van der Waals surface area contributed by atoms with Crippen LogP contribution in [0.2, 0.25) is 0 Å². The SMILES string of the molecule is CC.c1ccc2c(c1)NCCN2. The Bertz CT molecular complexity index is 208. The van der Waals surface area contributed by atoms with E-state index in [1.807, 2.05) is 26.0 Å². The van der Waals surface area contributed by atoms with Gasteiger partial charge in [0.15, 0.2) is 0 Å². The fraction of sp³-hybridized carbons (Fsp3) is 0.400. The molecule has 2 rings (SSSR count). The molecule has 0 fully saturated rings. The van der Waals surface area contributed by atoms with Gasteiger partial charge in [0.2, 0.25) is 0 Å². The van der Waals surface area contributed by atoms with Crippen molar-refractivity contribution in [2.24, 2.45) is 0 Å². The molecular weight excluding hydrogens is 148 g/mol. The highest BCUT2D eigenvalue weighted by Crippen LogP contribution is 2.22. The molecule has 2 heteroatoms. The Morgan fingerprint density at radius 3 is 1.75 bits per heavy atom. The minimum atomic E-state index is 1.02. The summed E-state index contributed by atoms with van der Waals surface area (Å²) in [6, 6.07) is 8.25. The van der Waals surface area contributed by atoms with E-state index in [0.29, 0.717) is 0 Å². The first-order valence-corrected chi connectivity index (χ1v) is 4.53. The van der Waals surface area contributed by atoms with Crippen molar-refractivity contribution in [3.05, 3.63) is 24.3 Å². The van der Waals surface area contributed by atoms with E-state index in [-0.39, 0.29) is 0 Å². The fourth-order valence-corrected chi connectivity index (χ4v) is 1.19. The maximum Gasteiger partial charge on any atom is 0.0576 e. The molecule has 0 unspecified atom stereocenters. The predicted molar refractivity (Wildman–Crippen MR) is 54.8 cm³/mol. The maximum atomic E-state index is 3.30. The molecule has 12 heavy (non-hydrogen) atoms. The van der Waals surface area contributed by atoms with E-state index in [2.05, 4.69) is 22.8 Å². The van der Waals surface area contributed by atoms with Crippen LogP contribution in [0, 0.1) is 0 Å². The first-order valence-electron chi connectivity index (χ1n) is 4.53. The quantitative estimate of drug-likeness (QED) is 0.615. The molecule has 1 aliphatic rings. The van der Waals surface area contributed by atoms with Gasteiger partial charge in [0.1, 0.15) is 0 Å². The van der Waals surface area contributed by atoms with Crippen LogP contribution >= 0.6 is 0 Å². The van der Waals surface area contributed by atoms with Gasteiger partial charge < -0.3 is 10.6 Å². The molecule has 0 aliphatic carbocycles. The third-order valence-corrected chi connectivity index (χ3v) is 1.68. The van der Waals surface area contributed by atoms with Crippen LogP contribution in [0.5, 0.6) is 0 Å². The smallest absolute Gasteiger partial charge is 0.0576 e. The highest BCUT2D eigenvalue weighted by atomic mass is 15.0. The monoisotopic (exact) mass is 164 g/mol. The zero-order chi connectivity index (χ0) is 8.81. The minimum Gasteiger partial charge on any atom is -0.382 e. The van der Waals surface area contributed by atoms with Gasteiger partial charge in [-0.15, -0.1) is 0 Å². The Morgan fingerprint density at radius 2 is 1.33 bits per heavy atom. The normalized spacial score (nSPS) is 12.8. The van der Waals surface area contributed by atoms with Crippen LogP contribution in [0.25, 0.3) is 0 Å². The zero-order valence-corrected chi connectivity index (χ0v) is 7.72. The number of anilines is 2. The van der Waals surface area contributed by atoms with Crippen molar-refractivity contribution in [2.75, 3.05) is 23.7 Å². The van der Waals surface area contributed by atoms with Gasteiger partial charge in [-0.25, -0.2) is 0 Å². The van der Waals surface area contributed by atoms with E-state index in [4.69, 9.17) is 0 Å². The van der Waals surface area contributed by atoms with Crippen LogP contribution in [0.4, 0.5) is 11.4 Å². The van der Waals surface area contributed by atoms with Crippen molar-refractivity contribution in [1.82, 2.24) is 0 Å². The molecule has 0 spiro atoms. The van der Waals surface area contributed by atoms with E-state index in [0.717, 1.165) is 13.1 Å². The Hall–Kier alpha value is -1.18. The van der Waals surface area contributed by atoms with Gasteiger partial charge >= 0.3 is 0 Å². The second-order valence-corrected chi connectivity index (χ2v) is 2.40. The summed E-state index contributed by atoms with van der Waals surface area (Å²) < 4.78 is 0. The van der Waals surface area contributed by atoms with E-state index in [1.54, 1.807) is 0 Å². The summed E-state index contributed by atoms with van der Waals surface area (Å²) in [7, 11) is 0. The second-order valence-electron chi connectivity index (χ2n) is 2.40. The van der Waals surface area contributed by atoms with Gasteiger partial charge in [0, 0.05) is 13.1 Å². The predicted octanol–water partition coefficient (Wildman–Crippen LogP) is 2.55. The zero-order valence-electron chi connectivity index (χ0n) is 7.72. The minimum absolute atomic E-state index is 1.02. The van der Waals surface area contributed by atoms with Crippen molar-refractivity contribution in [3.63, 3.8) is 0 Å². The van der Waals surface area contributed by atoms with Crippen LogP contribution in [0.3, 0.4) is 0 Å². The first kappa shape index (κ1) is 8.91. The summed E-state index contributed by atoms with van der Waals surface area (Å²) >= 11 is 0. The second kappa shape index (κ2) is 4.65. The molecule has 66 valence electrons. The molecule has 1 heterocycles. The van der Waals surface area contributed by atoms with Crippen LogP contribution < -0.4 is 10.6 Å². The maximum absolute atomic E-state index is 3.30. The third-order valence-electron chi connectivity index (χ3n) is 1.68. The standard InChI is InChI=1S/C8H10N2.C2H6/c1-2-4-8-7(3-1)9-5-6-10-8;1-2/h1-4,9-10H,5-6H2;1-2H3. The van der Waals surface area contributed by atoms with E-state index < -0.39 is 0 Å². The average molecular weight is 164 g/mol. The average Bonchev–Trinajstić information content (AvgIpc) is 2.21. The summed E-state index contributed by atoms with van der Waals surface area (Å²) in [6.07, 6.45) is 0. The summed E-state index contributed by atoms with van der Waals surface area (Å²) in [5.74, 6) is 0. The highest BCUT2D eigenvalue weighted by Gasteiger charge is 2.03. The molecule has 2 N–H and O–H groups in total. The largest absolute Gasteiger partial charge is 0.382 e. The Morgan fingerprint density at radius 1 is 0.917 bits per heavy atom. The molecule has 0 aromatic heterocycles. The van der Waals surface area contributed by atoms with Crippen LogP contribution in [0.15, 0.2) is 24.3 Å². The van der Waals surface area contributed by atoms with Gasteiger partial charge in [-0.1, -0.05) is 26.0 Å². The summed E-state index contributed by atoms with van der Waals surface area (Å²) in [5, 5.41) is 6.60. The molecule has 1 aromatic rings. The summed E-state index contributed by atoms with van der Waals surface area (Å²) in [6.45, 7) is 6.05. The van der Waals surface area contributed by atoms with Gasteiger partial charge in [-0.3, -0.25) is 0 Å². The van der Waals surface area contributed by atoms with Crippen molar-refractivity contribution >= 4 is 11.4 Å². The fourth-order valence-electron chi connectivity index (χ4n) is 1.19. The lowest BCUT2D eigenvalue weighted by Crippen LogP contribution is -2.19. The Balaban J connectivity index is 0.000000336. The lowest BCUT2D eigenvalue weighted by Gasteiger charge is -2.18. The van der Waals surface area contributed by atoms with Gasteiger partial charge in [-0.2, -0.15) is 0 Å². The van der Waals surface area contributed by atoms with E-state index >= 15 is 0 Å². The molecule has 0 bridgehead atoms.